The van der Waals surface area contributed by atoms with E-state index in [0.29, 0.717) is 5.54 Å². The van der Waals surface area contributed by atoms with Crippen molar-refractivity contribution in [3.63, 3.8) is 0 Å². The number of rotatable bonds is 5. The minimum Gasteiger partial charge on any atom is -0.496 e. The third-order valence-electron chi connectivity index (χ3n) is 4.45. The Morgan fingerprint density at radius 2 is 1.17 bits per heavy atom. The predicted octanol–water partition coefficient (Wildman–Crippen LogP) is 3.38. The van der Waals surface area contributed by atoms with E-state index in [9.17, 15) is 0 Å². The highest BCUT2D eigenvalue weighted by atomic mass is 28.3. The van der Waals surface area contributed by atoms with E-state index in [-0.39, 0.29) is 0 Å². The first-order chi connectivity index (χ1) is 11.3. The number of hydrogen-bond donors (Lipinski definition) is 0. The van der Waals surface area contributed by atoms with Gasteiger partial charge >= 0.3 is 0 Å². The van der Waals surface area contributed by atoms with Crippen LogP contribution in [-0.4, -0.2) is 15.9 Å². The zero-order valence-corrected chi connectivity index (χ0v) is 14.8. The van der Waals surface area contributed by atoms with Crippen LogP contribution in [0.25, 0.3) is 0 Å². The molecule has 0 N–H and O–H groups in total. The average Bonchev–Trinajstić information content (AvgIpc) is 2.63. The fourth-order valence-electron chi connectivity index (χ4n) is 3.31. The SMILES string of the molecule is COc1ccccc1C(C)[SiH](c1ccccc1)c1ccccc1. The van der Waals surface area contributed by atoms with Crippen LogP contribution in [0, 0.1) is 0 Å². The van der Waals surface area contributed by atoms with Crippen molar-refractivity contribution < 1.29 is 4.74 Å². The van der Waals surface area contributed by atoms with E-state index in [1.807, 2.05) is 6.07 Å². The Bertz CT molecular complexity index is 701. The zero-order valence-electron chi connectivity index (χ0n) is 13.6. The van der Waals surface area contributed by atoms with Crippen LogP contribution in [0.2, 0.25) is 0 Å². The number of methoxy groups -OCH3 is 1. The maximum atomic E-state index is 5.61. The summed E-state index contributed by atoms with van der Waals surface area (Å²) in [5.74, 6) is 0.990. The molecule has 1 unspecified atom stereocenters. The van der Waals surface area contributed by atoms with Gasteiger partial charge in [0, 0.05) is 0 Å². The van der Waals surface area contributed by atoms with E-state index in [0.717, 1.165) is 5.75 Å². The Kier molecular flexibility index (Phi) is 4.94. The number of hydrogen-bond acceptors (Lipinski definition) is 1. The lowest BCUT2D eigenvalue weighted by Gasteiger charge is -2.25. The summed E-state index contributed by atoms with van der Waals surface area (Å²) in [5.41, 5.74) is 1.76. The van der Waals surface area contributed by atoms with E-state index < -0.39 is 8.80 Å². The van der Waals surface area contributed by atoms with Gasteiger partial charge in [0.25, 0.3) is 0 Å². The van der Waals surface area contributed by atoms with Crippen molar-refractivity contribution >= 4 is 19.2 Å². The molecule has 116 valence electrons. The molecule has 0 saturated carbocycles. The second-order valence-electron chi connectivity index (χ2n) is 5.83. The normalized spacial score (nSPS) is 12.1. The fourth-order valence-corrected chi connectivity index (χ4v) is 6.76. The highest BCUT2D eigenvalue weighted by molar-refractivity contribution is 6.86. The standard InChI is InChI=1S/C21H22OSi/c1-17(20-15-9-10-16-21(20)22-2)23(18-11-5-3-6-12-18)19-13-7-4-8-14-19/h3-17,23H,1-2H3. The lowest BCUT2D eigenvalue weighted by molar-refractivity contribution is 0.409. The molecule has 0 saturated heterocycles. The Labute approximate surface area is 140 Å². The highest BCUT2D eigenvalue weighted by Crippen LogP contribution is 2.27. The average molecular weight is 318 g/mol. The second-order valence-corrected chi connectivity index (χ2v) is 9.12. The molecule has 0 radical (unpaired) electrons. The van der Waals surface area contributed by atoms with Crippen molar-refractivity contribution in [2.24, 2.45) is 0 Å². The molecule has 3 rings (SSSR count). The van der Waals surface area contributed by atoms with E-state index in [4.69, 9.17) is 4.74 Å². The molecule has 0 heterocycles. The van der Waals surface area contributed by atoms with Crippen LogP contribution in [0.15, 0.2) is 84.9 Å². The first-order valence-corrected chi connectivity index (χ1v) is 9.86. The molecular formula is C21H22OSi. The van der Waals surface area contributed by atoms with Gasteiger partial charge < -0.3 is 4.74 Å². The van der Waals surface area contributed by atoms with Gasteiger partial charge in [0.2, 0.25) is 0 Å². The Morgan fingerprint density at radius 1 is 0.696 bits per heavy atom. The summed E-state index contributed by atoms with van der Waals surface area (Å²) in [5, 5.41) is 2.94. The Hall–Kier alpha value is -2.32. The van der Waals surface area contributed by atoms with Crippen molar-refractivity contribution in [2.45, 2.75) is 12.5 Å². The molecule has 0 fully saturated rings. The molecule has 0 aliphatic carbocycles. The van der Waals surface area contributed by atoms with E-state index in [2.05, 4.69) is 85.8 Å². The monoisotopic (exact) mass is 318 g/mol. The number of ether oxygens (including phenoxy) is 1. The number of benzene rings is 3. The van der Waals surface area contributed by atoms with Crippen molar-refractivity contribution in [1.29, 1.82) is 0 Å². The van der Waals surface area contributed by atoms with Gasteiger partial charge in [-0.15, -0.1) is 0 Å². The molecule has 23 heavy (non-hydrogen) atoms. The third-order valence-corrected chi connectivity index (χ3v) is 8.01. The molecule has 3 aromatic carbocycles. The fraction of sp³-hybridized carbons (Fsp3) is 0.143. The van der Waals surface area contributed by atoms with Gasteiger partial charge in [-0.25, -0.2) is 0 Å². The highest BCUT2D eigenvalue weighted by Gasteiger charge is 2.26. The van der Waals surface area contributed by atoms with Crippen LogP contribution in [0.1, 0.15) is 18.0 Å². The predicted molar refractivity (Wildman–Crippen MR) is 101 cm³/mol. The number of para-hydroxylation sites is 1. The minimum absolute atomic E-state index is 0.455. The molecule has 0 aliphatic rings. The summed E-state index contributed by atoms with van der Waals surface area (Å²) in [4.78, 5) is 0. The van der Waals surface area contributed by atoms with Gasteiger partial charge in [-0.1, -0.05) is 96.2 Å². The van der Waals surface area contributed by atoms with Gasteiger partial charge in [0.15, 0.2) is 0 Å². The Morgan fingerprint density at radius 3 is 1.70 bits per heavy atom. The van der Waals surface area contributed by atoms with Crippen LogP contribution in [0.5, 0.6) is 5.75 Å². The largest absolute Gasteiger partial charge is 0.496 e. The summed E-state index contributed by atoms with van der Waals surface area (Å²) in [6, 6.07) is 30.3. The van der Waals surface area contributed by atoms with E-state index in [1.54, 1.807) is 7.11 Å². The maximum Gasteiger partial charge on any atom is 0.122 e. The topological polar surface area (TPSA) is 9.23 Å². The third kappa shape index (κ3) is 3.38. The van der Waals surface area contributed by atoms with Crippen LogP contribution in [0.4, 0.5) is 0 Å². The van der Waals surface area contributed by atoms with Crippen molar-refractivity contribution in [1.82, 2.24) is 0 Å². The maximum absolute atomic E-state index is 5.61. The summed E-state index contributed by atoms with van der Waals surface area (Å²) >= 11 is 0. The van der Waals surface area contributed by atoms with Gasteiger partial charge in [0.05, 0.1) is 7.11 Å². The molecular weight excluding hydrogens is 296 g/mol. The van der Waals surface area contributed by atoms with Gasteiger partial charge in [-0.2, -0.15) is 0 Å². The molecule has 0 amide bonds. The Balaban J connectivity index is 2.08. The summed E-state index contributed by atoms with van der Waals surface area (Å²) in [6.45, 7) is 2.34. The van der Waals surface area contributed by atoms with Crippen LogP contribution >= 0.6 is 0 Å². The zero-order chi connectivity index (χ0) is 16.1. The molecule has 0 spiro atoms. The minimum atomic E-state index is -1.39. The van der Waals surface area contributed by atoms with Gasteiger partial charge in [-0.3, -0.25) is 0 Å². The first-order valence-electron chi connectivity index (χ1n) is 8.04. The van der Waals surface area contributed by atoms with Gasteiger partial charge in [-0.05, 0) is 17.2 Å². The van der Waals surface area contributed by atoms with Crippen molar-refractivity contribution in [2.75, 3.05) is 7.11 Å². The molecule has 0 aliphatic heterocycles. The van der Waals surface area contributed by atoms with Crippen molar-refractivity contribution in [3.05, 3.63) is 90.5 Å². The lowest BCUT2D eigenvalue weighted by Crippen LogP contribution is -2.46. The second kappa shape index (κ2) is 7.29. The molecule has 2 heteroatoms. The molecule has 0 aromatic heterocycles. The van der Waals surface area contributed by atoms with Crippen LogP contribution in [0.3, 0.4) is 0 Å². The van der Waals surface area contributed by atoms with Crippen molar-refractivity contribution in [3.8, 4) is 5.75 Å². The summed E-state index contributed by atoms with van der Waals surface area (Å²) < 4.78 is 5.61. The van der Waals surface area contributed by atoms with Gasteiger partial charge in [0.1, 0.15) is 14.5 Å². The summed E-state index contributed by atoms with van der Waals surface area (Å²) in [7, 11) is 0.364. The molecule has 0 bridgehead atoms. The lowest BCUT2D eigenvalue weighted by atomic mass is 10.1. The smallest absolute Gasteiger partial charge is 0.122 e. The van der Waals surface area contributed by atoms with Crippen LogP contribution < -0.4 is 15.1 Å². The van der Waals surface area contributed by atoms with Crippen LogP contribution in [-0.2, 0) is 0 Å². The van der Waals surface area contributed by atoms with E-state index in [1.165, 1.54) is 15.9 Å². The quantitative estimate of drug-likeness (QED) is 0.655. The molecule has 3 aromatic rings. The summed E-state index contributed by atoms with van der Waals surface area (Å²) in [6.07, 6.45) is 0. The molecule has 1 atom stereocenters. The van der Waals surface area contributed by atoms with E-state index >= 15 is 0 Å². The first kappa shape index (κ1) is 15.6. The molecule has 1 nitrogen and oxygen atoms in total.